The second-order valence-electron chi connectivity index (χ2n) is 5.60. The Morgan fingerprint density at radius 2 is 1.72 bits per heavy atom. The molecule has 0 rings (SSSR count). The SMILES string of the molecule is CN(C)C(=O)CCNCCC(C)(C)CCC(=O)O. The van der Waals surface area contributed by atoms with Gasteiger partial charge in [0.1, 0.15) is 0 Å². The van der Waals surface area contributed by atoms with Crippen LogP contribution in [0.3, 0.4) is 0 Å². The summed E-state index contributed by atoms with van der Waals surface area (Å²) in [5.74, 6) is -0.625. The van der Waals surface area contributed by atoms with Crippen LogP contribution in [0.1, 0.15) is 39.5 Å². The first-order valence-electron chi connectivity index (χ1n) is 6.37. The van der Waals surface area contributed by atoms with Crippen LogP contribution in [0, 0.1) is 5.41 Å². The van der Waals surface area contributed by atoms with Gasteiger partial charge < -0.3 is 15.3 Å². The molecule has 0 aliphatic heterocycles. The van der Waals surface area contributed by atoms with Crippen LogP contribution in [0.15, 0.2) is 0 Å². The van der Waals surface area contributed by atoms with Crippen molar-refractivity contribution in [1.29, 1.82) is 0 Å². The molecule has 0 saturated heterocycles. The Bertz CT molecular complexity index is 275. The fraction of sp³-hybridized carbons (Fsp3) is 0.846. The number of rotatable bonds is 9. The standard InChI is InChI=1S/C13H26N2O3/c1-13(2,7-5-12(17)18)8-10-14-9-6-11(16)15(3)4/h14H,5-10H2,1-4H3,(H,17,18). The van der Waals surface area contributed by atoms with E-state index in [-0.39, 0.29) is 17.7 Å². The summed E-state index contributed by atoms with van der Waals surface area (Å²) in [6.07, 6.45) is 2.31. The largest absolute Gasteiger partial charge is 0.481 e. The number of carboxylic acids is 1. The highest BCUT2D eigenvalue weighted by atomic mass is 16.4. The van der Waals surface area contributed by atoms with Crippen molar-refractivity contribution >= 4 is 11.9 Å². The highest BCUT2D eigenvalue weighted by Crippen LogP contribution is 2.25. The Hall–Kier alpha value is -1.10. The zero-order chi connectivity index (χ0) is 14.2. The zero-order valence-electron chi connectivity index (χ0n) is 12.0. The van der Waals surface area contributed by atoms with Crippen LogP contribution in [0.4, 0.5) is 0 Å². The van der Waals surface area contributed by atoms with E-state index < -0.39 is 5.97 Å². The molecule has 0 aliphatic carbocycles. The number of hydrogen-bond donors (Lipinski definition) is 2. The minimum absolute atomic E-state index is 0.0247. The maximum atomic E-state index is 11.3. The van der Waals surface area contributed by atoms with Gasteiger partial charge in [-0.2, -0.15) is 0 Å². The second-order valence-corrected chi connectivity index (χ2v) is 5.60. The van der Waals surface area contributed by atoms with Crippen molar-refractivity contribution in [2.24, 2.45) is 5.41 Å². The lowest BCUT2D eigenvalue weighted by Gasteiger charge is -2.23. The summed E-state index contributed by atoms with van der Waals surface area (Å²) in [5.41, 5.74) is 0.0247. The van der Waals surface area contributed by atoms with Crippen molar-refractivity contribution in [3.8, 4) is 0 Å². The summed E-state index contributed by atoms with van der Waals surface area (Å²) in [6.45, 7) is 5.63. The third kappa shape index (κ3) is 8.98. The first-order valence-corrected chi connectivity index (χ1v) is 6.37. The lowest BCUT2D eigenvalue weighted by molar-refractivity contribution is -0.137. The molecule has 0 bridgehead atoms. The maximum absolute atomic E-state index is 11.3. The number of amides is 1. The minimum atomic E-state index is -0.743. The lowest BCUT2D eigenvalue weighted by Crippen LogP contribution is -2.28. The van der Waals surface area contributed by atoms with Crippen molar-refractivity contribution < 1.29 is 14.7 Å². The van der Waals surface area contributed by atoms with Gasteiger partial charge in [0, 0.05) is 33.5 Å². The van der Waals surface area contributed by atoms with Gasteiger partial charge in [0.15, 0.2) is 0 Å². The number of carbonyl (C=O) groups is 2. The molecule has 0 aromatic carbocycles. The summed E-state index contributed by atoms with van der Waals surface area (Å²) in [4.78, 5) is 23.4. The second kappa shape index (κ2) is 8.08. The molecule has 0 fully saturated rings. The fourth-order valence-electron chi connectivity index (χ4n) is 1.54. The lowest BCUT2D eigenvalue weighted by atomic mass is 9.84. The average Bonchev–Trinajstić information content (AvgIpc) is 2.25. The summed E-state index contributed by atoms with van der Waals surface area (Å²) in [6, 6.07) is 0. The normalized spacial score (nSPS) is 11.3. The Balaban J connectivity index is 3.64. The Kier molecular flexibility index (Phi) is 7.59. The summed E-state index contributed by atoms with van der Waals surface area (Å²) in [7, 11) is 3.49. The summed E-state index contributed by atoms with van der Waals surface area (Å²) >= 11 is 0. The first kappa shape index (κ1) is 16.9. The van der Waals surface area contributed by atoms with Gasteiger partial charge >= 0.3 is 5.97 Å². The quantitative estimate of drug-likeness (QED) is 0.612. The van der Waals surface area contributed by atoms with Crippen molar-refractivity contribution in [2.45, 2.75) is 39.5 Å². The monoisotopic (exact) mass is 258 g/mol. The molecule has 0 radical (unpaired) electrons. The van der Waals surface area contributed by atoms with Gasteiger partial charge in [0.2, 0.25) is 5.91 Å². The number of nitrogens with zero attached hydrogens (tertiary/aromatic N) is 1. The smallest absolute Gasteiger partial charge is 0.303 e. The summed E-state index contributed by atoms with van der Waals surface area (Å²) in [5, 5.41) is 11.9. The van der Waals surface area contributed by atoms with E-state index >= 15 is 0 Å². The predicted molar refractivity (Wildman–Crippen MR) is 71.4 cm³/mol. The molecule has 0 atom stereocenters. The number of carbonyl (C=O) groups excluding carboxylic acids is 1. The van der Waals surface area contributed by atoms with E-state index in [4.69, 9.17) is 5.11 Å². The van der Waals surface area contributed by atoms with E-state index in [2.05, 4.69) is 19.2 Å². The predicted octanol–water partition coefficient (Wildman–Crippen LogP) is 1.34. The van der Waals surface area contributed by atoms with Crippen LogP contribution in [-0.4, -0.2) is 49.1 Å². The molecule has 0 heterocycles. The van der Waals surface area contributed by atoms with Gasteiger partial charge in [-0.15, -0.1) is 0 Å². The molecule has 18 heavy (non-hydrogen) atoms. The molecule has 5 heteroatoms. The Morgan fingerprint density at radius 3 is 2.22 bits per heavy atom. The molecule has 1 amide bonds. The van der Waals surface area contributed by atoms with E-state index in [1.165, 1.54) is 0 Å². The molecule has 0 spiro atoms. The van der Waals surface area contributed by atoms with Crippen LogP contribution in [-0.2, 0) is 9.59 Å². The number of hydrogen-bond acceptors (Lipinski definition) is 3. The van der Waals surface area contributed by atoms with Crippen LogP contribution in [0.2, 0.25) is 0 Å². The van der Waals surface area contributed by atoms with E-state index in [0.29, 0.717) is 19.4 Å². The Morgan fingerprint density at radius 1 is 1.11 bits per heavy atom. The molecule has 0 aromatic heterocycles. The summed E-state index contributed by atoms with van der Waals surface area (Å²) < 4.78 is 0. The molecular weight excluding hydrogens is 232 g/mol. The van der Waals surface area contributed by atoms with Crippen molar-refractivity contribution in [1.82, 2.24) is 10.2 Å². The molecule has 0 saturated carbocycles. The third-order valence-corrected chi connectivity index (χ3v) is 3.01. The van der Waals surface area contributed by atoms with E-state index in [9.17, 15) is 9.59 Å². The van der Waals surface area contributed by atoms with Crippen molar-refractivity contribution in [2.75, 3.05) is 27.2 Å². The topological polar surface area (TPSA) is 69.6 Å². The molecule has 106 valence electrons. The van der Waals surface area contributed by atoms with E-state index in [0.717, 1.165) is 13.0 Å². The number of nitrogens with one attached hydrogen (secondary N) is 1. The highest BCUT2D eigenvalue weighted by Gasteiger charge is 2.18. The minimum Gasteiger partial charge on any atom is -0.481 e. The van der Waals surface area contributed by atoms with Crippen molar-refractivity contribution in [3.63, 3.8) is 0 Å². The maximum Gasteiger partial charge on any atom is 0.303 e. The first-order chi connectivity index (χ1) is 8.24. The van der Waals surface area contributed by atoms with Gasteiger partial charge in [0.05, 0.1) is 0 Å². The number of carboxylic acid groups (broad SMARTS) is 1. The van der Waals surface area contributed by atoms with Gasteiger partial charge in [-0.05, 0) is 24.8 Å². The van der Waals surface area contributed by atoms with Crippen LogP contribution < -0.4 is 5.32 Å². The third-order valence-electron chi connectivity index (χ3n) is 3.01. The molecule has 0 aliphatic rings. The molecular formula is C13H26N2O3. The molecule has 0 aromatic rings. The number of aliphatic carboxylic acids is 1. The zero-order valence-corrected chi connectivity index (χ0v) is 12.0. The molecule has 5 nitrogen and oxygen atoms in total. The Labute approximate surface area is 110 Å². The van der Waals surface area contributed by atoms with Crippen LogP contribution in [0.5, 0.6) is 0 Å². The van der Waals surface area contributed by atoms with Gasteiger partial charge in [0.25, 0.3) is 0 Å². The molecule has 2 N–H and O–H groups in total. The van der Waals surface area contributed by atoms with E-state index in [1.807, 2.05) is 0 Å². The fourth-order valence-corrected chi connectivity index (χ4v) is 1.54. The van der Waals surface area contributed by atoms with Gasteiger partial charge in [-0.25, -0.2) is 0 Å². The van der Waals surface area contributed by atoms with Crippen molar-refractivity contribution in [3.05, 3.63) is 0 Å². The van der Waals surface area contributed by atoms with Crippen LogP contribution >= 0.6 is 0 Å². The molecule has 0 unspecified atom stereocenters. The average molecular weight is 258 g/mol. The van der Waals surface area contributed by atoms with Gasteiger partial charge in [-0.3, -0.25) is 9.59 Å². The van der Waals surface area contributed by atoms with Gasteiger partial charge in [-0.1, -0.05) is 13.8 Å². The van der Waals surface area contributed by atoms with Crippen LogP contribution in [0.25, 0.3) is 0 Å². The van der Waals surface area contributed by atoms with E-state index in [1.54, 1.807) is 19.0 Å². The highest BCUT2D eigenvalue weighted by molar-refractivity contribution is 5.75.